The average molecular weight is 214 g/mol. The Morgan fingerprint density at radius 2 is 2.06 bits per heavy atom. The first-order valence-electron chi connectivity index (χ1n) is 4.68. The monoisotopic (exact) mass is 214 g/mol. The summed E-state index contributed by atoms with van der Waals surface area (Å²) < 4.78 is 5.14. The zero-order chi connectivity index (χ0) is 11.3. The van der Waals surface area contributed by atoms with E-state index in [-0.39, 0.29) is 11.3 Å². The lowest BCUT2D eigenvalue weighted by Crippen LogP contribution is -1.97. The van der Waals surface area contributed by atoms with Gasteiger partial charge in [-0.15, -0.1) is 0 Å². The van der Waals surface area contributed by atoms with E-state index in [9.17, 15) is 9.59 Å². The topological polar surface area (TPSA) is 67.5 Å². The zero-order valence-corrected chi connectivity index (χ0v) is 8.06. The van der Waals surface area contributed by atoms with Gasteiger partial charge in [0.25, 0.3) is 0 Å². The highest BCUT2D eigenvalue weighted by Gasteiger charge is 2.22. The van der Waals surface area contributed by atoms with Crippen molar-refractivity contribution in [2.24, 2.45) is 0 Å². The van der Waals surface area contributed by atoms with Gasteiger partial charge in [0.05, 0.1) is 0 Å². The van der Waals surface area contributed by atoms with E-state index in [4.69, 9.17) is 9.52 Å². The summed E-state index contributed by atoms with van der Waals surface area (Å²) in [6, 6.07) is 3.26. The third kappa shape index (κ3) is 0.982. The lowest BCUT2D eigenvalue weighted by molar-refractivity contribution is 0.0697. The number of hydrogen-bond donors (Lipinski definition) is 1. The van der Waals surface area contributed by atoms with Gasteiger partial charge in [-0.25, -0.2) is 4.79 Å². The highest BCUT2D eigenvalue weighted by atomic mass is 16.4. The molecule has 1 aliphatic rings. The van der Waals surface area contributed by atoms with Crippen molar-refractivity contribution in [1.82, 2.24) is 0 Å². The van der Waals surface area contributed by atoms with Gasteiger partial charge in [0.1, 0.15) is 17.4 Å². The predicted octanol–water partition coefficient (Wildman–Crippen LogP) is 2.34. The fourth-order valence-electron chi connectivity index (χ4n) is 1.95. The van der Waals surface area contributed by atoms with Crippen molar-refractivity contribution in [3.63, 3.8) is 0 Å². The van der Waals surface area contributed by atoms with E-state index < -0.39 is 5.97 Å². The van der Waals surface area contributed by atoms with E-state index in [0.29, 0.717) is 22.1 Å². The molecule has 16 heavy (non-hydrogen) atoms. The minimum absolute atomic E-state index is 0.0891. The second-order valence-electron chi connectivity index (χ2n) is 3.55. The molecule has 1 aliphatic carbocycles. The third-order valence-corrected chi connectivity index (χ3v) is 2.68. The minimum atomic E-state index is -1.06. The molecule has 0 spiro atoms. The van der Waals surface area contributed by atoms with Crippen molar-refractivity contribution in [2.45, 2.75) is 0 Å². The smallest absolute Gasteiger partial charge is 0.339 e. The lowest BCUT2D eigenvalue weighted by Gasteiger charge is -1.99. The van der Waals surface area contributed by atoms with Crippen molar-refractivity contribution >= 4 is 28.8 Å². The number of carboxylic acid groups (broad SMARTS) is 1. The van der Waals surface area contributed by atoms with Crippen LogP contribution in [0, 0.1) is 0 Å². The van der Waals surface area contributed by atoms with E-state index in [2.05, 4.69) is 0 Å². The van der Waals surface area contributed by atoms with Crippen molar-refractivity contribution < 1.29 is 19.1 Å². The van der Waals surface area contributed by atoms with Crippen LogP contribution in [0.4, 0.5) is 0 Å². The predicted molar refractivity (Wildman–Crippen MR) is 56.5 cm³/mol. The summed E-state index contributed by atoms with van der Waals surface area (Å²) in [6.07, 6.45) is 4.26. The number of allylic oxidation sites excluding steroid dienone is 1. The van der Waals surface area contributed by atoms with Gasteiger partial charge >= 0.3 is 5.97 Å². The maximum absolute atomic E-state index is 11.4. The molecular formula is C12H6O4. The summed E-state index contributed by atoms with van der Waals surface area (Å²) in [7, 11) is 0. The fourth-order valence-corrected chi connectivity index (χ4v) is 1.95. The Morgan fingerprint density at radius 3 is 2.81 bits per heavy atom. The molecule has 0 aliphatic heterocycles. The van der Waals surface area contributed by atoms with Crippen LogP contribution in [0.5, 0.6) is 0 Å². The van der Waals surface area contributed by atoms with Gasteiger partial charge in [-0.3, -0.25) is 4.79 Å². The van der Waals surface area contributed by atoms with Crippen LogP contribution in [0.3, 0.4) is 0 Å². The summed E-state index contributed by atoms with van der Waals surface area (Å²) in [5, 5.41) is 9.49. The molecule has 0 bridgehead atoms. The number of carbonyl (C=O) groups is 2. The number of ketones is 1. The van der Waals surface area contributed by atoms with Gasteiger partial charge in [-0.05, 0) is 29.8 Å². The Kier molecular flexibility index (Phi) is 1.57. The summed E-state index contributed by atoms with van der Waals surface area (Å²) in [4.78, 5) is 22.4. The van der Waals surface area contributed by atoms with Gasteiger partial charge in [0, 0.05) is 10.9 Å². The van der Waals surface area contributed by atoms with E-state index >= 15 is 0 Å². The molecule has 3 rings (SSSR count). The molecule has 4 nitrogen and oxygen atoms in total. The van der Waals surface area contributed by atoms with Gasteiger partial charge in [-0.1, -0.05) is 0 Å². The molecule has 0 saturated carbocycles. The van der Waals surface area contributed by atoms with Crippen LogP contribution >= 0.6 is 0 Å². The molecule has 0 radical (unpaired) electrons. The lowest BCUT2D eigenvalue weighted by atomic mass is 10.0. The molecule has 0 saturated heterocycles. The number of carbonyl (C=O) groups excluding carboxylic acids is 1. The summed E-state index contributed by atoms with van der Waals surface area (Å²) in [6.45, 7) is 0. The molecule has 1 heterocycles. The summed E-state index contributed by atoms with van der Waals surface area (Å²) in [5.41, 5.74) is 1.73. The normalized spacial score (nSPS) is 13.4. The molecule has 4 heteroatoms. The number of furan rings is 1. The second kappa shape index (κ2) is 2.82. The first kappa shape index (κ1) is 8.91. The SMILES string of the molecule is O=C1C=Cc2c1ccc1occ(C(=O)O)c21. The maximum Gasteiger partial charge on any atom is 0.339 e. The van der Waals surface area contributed by atoms with Crippen LogP contribution in [0.1, 0.15) is 26.3 Å². The van der Waals surface area contributed by atoms with Gasteiger partial charge in [0.2, 0.25) is 0 Å². The van der Waals surface area contributed by atoms with Crippen LogP contribution in [-0.4, -0.2) is 16.9 Å². The Labute approximate surface area is 89.8 Å². The fraction of sp³-hybridized carbons (Fsp3) is 0. The number of benzene rings is 1. The molecule has 1 aromatic heterocycles. The van der Waals surface area contributed by atoms with Crippen molar-refractivity contribution in [3.8, 4) is 0 Å². The quantitative estimate of drug-likeness (QED) is 0.791. The van der Waals surface area contributed by atoms with E-state index in [0.717, 1.165) is 0 Å². The Balaban J connectivity index is 2.47. The van der Waals surface area contributed by atoms with Crippen molar-refractivity contribution in [1.29, 1.82) is 0 Å². The first-order chi connectivity index (χ1) is 7.68. The number of hydrogen-bond acceptors (Lipinski definition) is 3. The Bertz CT molecular complexity index is 661. The molecule has 1 aromatic carbocycles. The Morgan fingerprint density at radius 1 is 1.25 bits per heavy atom. The maximum atomic E-state index is 11.4. The Hall–Kier alpha value is -2.36. The van der Waals surface area contributed by atoms with Gasteiger partial charge in [0.15, 0.2) is 5.78 Å². The van der Waals surface area contributed by atoms with Gasteiger partial charge in [-0.2, -0.15) is 0 Å². The van der Waals surface area contributed by atoms with Crippen LogP contribution in [0.15, 0.2) is 28.9 Å². The zero-order valence-electron chi connectivity index (χ0n) is 8.06. The molecule has 78 valence electrons. The molecule has 2 aromatic rings. The summed E-state index contributed by atoms with van der Waals surface area (Å²) in [5.74, 6) is -1.16. The van der Waals surface area contributed by atoms with Crippen LogP contribution in [0.25, 0.3) is 17.0 Å². The minimum Gasteiger partial charge on any atom is -0.478 e. The largest absolute Gasteiger partial charge is 0.478 e. The first-order valence-corrected chi connectivity index (χ1v) is 4.68. The van der Waals surface area contributed by atoms with Crippen LogP contribution in [0.2, 0.25) is 0 Å². The number of aromatic carboxylic acids is 1. The van der Waals surface area contributed by atoms with Crippen molar-refractivity contribution in [2.75, 3.05) is 0 Å². The molecular weight excluding hydrogens is 208 g/mol. The van der Waals surface area contributed by atoms with E-state index in [1.165, 1.54) is 12.3 Å². The standard InChI is InChI=1S/C12H6O4/c13-9-3-1-7-6(9)2-4-10-11(7)8(5-16-10)12(14)15/h1-5H,(H,14,15). The summed E-state index contributed by atoms with van der Waals surface area (Å²) >= 11 is 0. The average Bonchev–Trinajstić information content (AvgIpc) is 2.81. The number of carboxylic acids is 1. The van der Waals surface area contributed by atoms with E-state index in [1.54, 1.807) is 18.2 Å². The second-order valence-corrected chi connectivity index (χ2v) is 3.55. The van der Waals surface area contributed by atoms with Crippen LogP contribution < -0.4 is 0 Å². The third-order valence-electron chi connectivity index (χ3n) is 2.68. The van der Waals surface area contributed by atoms with E-state index in [1.807, 2.05) is 0 Å². The number of fused-ring (bicyclic) bond motifs is 3. The molecule has 0 unspecified atom stereocenters. The molecule has 0 atom stereocenters. The molecule has 0 amide bonds. The highest BCUT2D eigenvalue weighted by Crippen LogP contribution is 2.32. The van der Waals surface area contributed by atoms with Crippen molar-refractivity contribution in [3.05, 3.63) is 41.2 Å². The van der Waals surface area contributed by atoms with Crippen LogP contribution in [-0.2, 0) is 0 Å². The molecule has 1 N–H and O–H groups in total. The number of rotatable bonds is 1. The van der Waals surface area contributed by atoms with Gasteiger partial charge < -0.3 is 9.52 Å². The highest BCUT2D eigenvalue weighted by molar-refractivity contribution is 6.19. The molecule has 0 fully saturated rings.